The fourth-order valence-electron chi connectivity index (χ4n) is 3.52. The first-order valence-electron chi connectivity index (χ1n) is 10.2. The van der Waals surface area contributed by atoms with E-state index in [1.807, 2.05) is 0 Å². The van der Waals surface area contributed by atoms with Crippen molar-refractivity contribution in [3.8, 4) is 17.1 Å². The highest BCUT2D eigenvalue weighted by molar-refractivity contribution is 5.95. The van der Waals surface area contributed by atoms with Gasteiger partial charge in [-0.05, 0) is 32.9 Å². The average Bonchev–Trinajstić information content (AvgIpc) is 3.21. The van der Waals surface area contributed by atoms with Gasteiger partial charge in [0.05, 0.1) is 31.5 Å². The zero-order valence-electron chi connectivity index (χ0n) is 18.7. The number of nitrogens with two attached hydrogens (primary N) is 1. The Morgan fingerprint density at radius 3 is 2.76 bits per heavy atom. The molecule has 4 aromatic rings. The molecule has 4 rings (SSSR count). The highest BCUT2D eigenvalue weighted by Crippen LogP contribution is 2.32. The van der Waals surface area contributed by atoms with E-state index in [0.717, 1.165) is 0 Å². The van der Waals surface area contributed by atoms with Crippen molar-refractivity contribution in [2.24, 2.45) is 0 Å². The van der Waals surface area contributed by atoms with E-state index in [1.165, 1.54) is 28.5 Å². The molecule has 0 aliphatic rings. The van der Waals surface area contributed by atoms with Crippen LogP contribution in [0, 0.1) is 5.82 Å². The highest BCUT2D eigenvalue weighted by atomic mass is 19.1. The van der Waals surface area contributed by atoms with Crippen LogP contribution in [0.4, 0.5) is 10.3 Å². The van der Waals surface area contributed by atoms with Crippen molar-refractivity contribution in [1.82, 2.24) is 29.5 Å². The number of anilines is 1. The number of hydrogen-bond donors (Lipinski definition) is 2. The lowest BCUT2D eigenvalue weighted by Gasteiger charge is -2.28. The molecule has 33 heavy (non-hydrogen) atoms. The van der Waals surface area contributed by atoms with Crippen molar-refractivity contribution < 1.29 is 14.2 Å². The van der Waals surface area contributed by atoms with E-state index in [0.29, 0.717) is 27.9 Å². The maximum atomic E-state index is 14.1. The molecule has 0 bridgehead atoms. The summed E-state index contributed by atoms with van der Waals surface area (Å²) in [5.74, 6) is -0.325. The van der Waals surface area contributed by atoms with Crippen molar-refractivity contribution >= 4 is 16.9 Å². The molecule has 172 valence electrons. The molecule has 0 unspecified atom stereocenters. The predicted molar refractivity (Wildman–Crippen MR) is 120 cm³/mol. The number of nitrogen functional groups attached to an aromatic ring is 1. The zero-order valence-corrected chi connectivity index (χ0v) is 18.7. The van der Waals surface area contributed by atoms with Gasteiger partial charge < -0.3 is 20.1 Å². The van der Waals surface area contributed by atoms with E-state index in [-0.39, 0.29) is 23.8 Å². The molecule has 0 spiro atoms. The first-order valence-corrected chi connectivity index (χ1v) is 10.2. The van der Waals surface area contributed by atoms with Gasteiger partial charge in [0.15, 0.2) is 0 Å². The second-order valence-corrected chi connectivity index (χ2v) is 8.31. The van der Waals surface area contributed by atoms with Gasteiger partial charge >= 0.3 is 0 Å². The minimum Gasteiger partial charge on any atom is -0.494 e. The van der Waals surface area contributed by atoms with E-state index in [1.54, 1.807) is 45.3 Å². The number of benzene rings is 1. The summed E-state index contributed by atoms with van der Waals surface area (Å²) in [6.45, 7) is 5.21. The number of ether oxygens (including phenoxy) is 1. The molecule has 0 saturated heterocycles. The molecule has 10 nitrogen and oxygen atoms in total. The number of hydrogen-bond acceptors (Lipinski definition) is 8. The second-order valence-electron chi connectivity index (χ2n) is 8.31. The summed E-state index contributed by atoms with van der Waals surface area (Å²) < 4.78 is 22.3. The van der Waals surface area contributed by atoms with Crippen molar-refractivity contribution in [3.63, 3.8) is 0 Å². The molecule has 3 aromatic heterocycles. The van der Waals surface area contributed by atoms with Crippen LogP contribution in [0.3, 0.4) is 0 Å². The number of pyridine rings is 1. The monoisotopic (exact) mass is 453 g/mol. The molecule has 3 N–H and O–H groups in total. The Morgan fingerprint density at radius 2 is 2.06 bits per heavy atom. The lowest BCUT2D eigenvalue weighted by Crippen LogP contribution is -2.37. The average molecular weight is 453 g/mol. The molecule has 0 fully saturated rings. The van der Waals surface area contributed by atoms with Gasteiger partial charge in [0.1, 0.15) is 28.5 Å². The molecular formula is C22H24FN7O3. The SMILES string of the molecule is COc1cc(F)cc2c(-c3cn(Cc4cccn([C@@H](C)C(C)(C)O)c4=O)nn3)nc(N)nc12. The number of aliphatic hydroxyl groups is 1. The van der Waals surface area contributed by atoms with Crippen LogP contribution in [0.25, 0.3) is 22.3 Å². The van der Waals surface area contributed by atoms with Gasteiger partial charge in [-0.15, -0.1) is 5.10 Å². The minimum absolute atomic E-state index is 0.0245. The third-order valence-corrected chi connectivity index (χ3v) is 5.57. The van der Waals surface area contributed by atoms with Crippen LogP contribution >= 0.6 is 0 Å². The van der Waals surface area contributed by atoms with Gasteiger partial charge in [-0.25, -0.2) is 19.0 Å². The van der Waals surface area contributed by atoms with Crippen molar-refractivity contribution in [3.05, 3.63) is 58.4 Å². The maximum Gasteiger partial charge on any atom is 0.255 e. The number of fused-ring (bicyclic) bond motifs is 1. The van der Waals surface area contributed by atoms with Crippen LogP contribution in [0.15, 0.2) is 41.5 Å². The number of rotatable bonds is 6. The summed E-state index contributed by atoms with van der Waals surface area (Å²) in [7, 11) is 1.41. The van der Waals surface area contributed by atoms with Crippen LogP contribution in [0.1, 0.15) is 32.4 Å². The number of halogens is 1. The van der Waals surface area contributed by atoms with Gasteiger partial charge in [-0.1, -0.05) is 11.3 Å². The standard InChI is InChI=1S/C22H24FN7O3/c1-12(22(2,3)32)30-7-5-6-13(20(30)31)10-29-11-16(27-28-29)18-15-8-14(23)9-17(33-4)19(15)26-21(24)25-18/h5-9,11-12,32H,10H2,1-4H3,(H2,24,25,26)/t12-/m0/s1. The normalized spacial score (nSPS) is 12.8. The molecule has 0 amide bonds. The molecule has 0 radical (unpaired) electrons. The molecule has 3 heterocycles. The summed E-state index contributed by atoms with van der Waals surface area (Å²) in [4.78, 5) is 21.3. The van der Waals surface area contributed by atoms with E-state index in [9.17, 15) is 14.3 Å². The third kappa shape index (κ3) is 4.27. The molecule has 1 atom stereocenters. The highest BCUT2D eigenvalue weighted by Gasteiger charge is 2.25. The third-order valence-electron chi connectivity index (χ3n) is 5.57. The Morgan fingerprint density at radius 1 is 1.30 bits per heavy atom. The Bertz CT molecular complexity index is 1390. The largest absolute Gasteiger partial charge is 0.494 e. The van der Waals surface area contributed by atoms with E-state index in [4.69, 9.17) is 10.5 Å². The first-order chi connectivity index (χ1) is 15.6. The van der Waals surface area contributed by atoms with Crippen molar-refractivity contribution in [2.45, 2.75) is 39.0 Å². The van der Waals surface area contributed by atoms with Crippen LogP contribution in [-0.2, 0) is 6.54 Å². The fourth-order valence-corrected chi connectivity index (χ4v) is 3.52. The van der Waals surface area contributed by atoms with E-state index < -0.39 is 17.5 Å². The molecule has 0 aliphatic carbocycles. The Balaban J connectivity index is 1.73. The van der Waals surface area contributed by atoms with E-state index >= 15 is 0 Å². The van der Waals surface area contributed by atoms with Crippen LogP contribution in [0.5, 0.6) is 5.75 Å². The summed E-state index contributed by atoms with van der Waals surface area (Å²) in [5, 5.41) is 18.9. The Labute approximate surface area is 188 Å². The Hall–Kier alpha value is -3.86. The van der Waals surface area contributed by atoms with Crippen molar-refractivity contribution in [1.29, 1.82) is 0 Å². The van der Waals surface area contributed by atoms with Crippen LogP contribution < -0.4 is 16.0 Å². The molecular weight excluding hydrogens is 429 g/mol. The van der Waals surface area contributed by atoms with E-state index in [2.05, 4.69) is 20.3 Å². The fraction of sp³-hybridized carbons (Fsp3) is 0.318. The number of methoxy groups -OCH3 is 1. The topological polar surface area (TPSA) is 134 Å². The Kier molecular flexibility index (Phi) is 5.58. The lowest BCUT2D eigenvalue weighted by atomic mass is 10.0. The van der Waals surface area contributed by atoms with Gasteiger partial charge in [0, 0.05) is 23.2 Å². The van der Waals surface area contributed by atoms with Gasteiger partial charge in [0.25, 0.3) is 5.56 Å². The minimum atomic E-state index is -1.08. The van der Waals surface area contributed by atoms with Gasteiger partial charge in [0.2, 0.25) is 5.95 Å². The second kappa shape index (κ2) is 8.24. The van der Waals surface area contributed by atoms with Crippen molar-refractivity contribution in [2.75, 3.05) is 12.8 Å². The van der Waals surface area contributed by atoms with Gasteiger partial charge in [-0.3, -0.25) is 4.79 Å². The lowest BCUT2D eigenvalue weighted by molar-refractivity contribution is 0.0291. The molecule has 1 aromatic carbocycles. The maximum absolute atomic E-state index is 14.1. The smallest absolute Gasteiger partial charge is 0.255 e. The summed E-state index contributed by atoms with van der Waals surface area (Å²) in [6, 6.07) is 5.49. The quantitative estimate of drug-likeness (QED) is 0.454. The zero-order chi connectivity index (χ0) is 23.9. The number of aromatic nitrogens is 6. The van der Waals surface area contributed by atoms with Gasteiger partial charge in [-0.2, -0.15) is 0 Å². The van der Waals surface area contributed by atoms with Crippen LogP contribution in [-0.4, -0.2) is 47.3 Å². The predicted octanol–water partition coefficient (Wildman–Crippen LogP) is 2.16. The summed E-state index contributed by atoms with van der Waals surface area (Å²) >= 11 is 0. The molecule has 11 heteroatoms. The van der Waals surface area contributed by atoms with Crippen LogP contribution in [0.2, 0.25) is 0 Å². The molecule has 0 saturated carbocycles. The first kappa shape index (κ1) is 22.3. The molecule has 0 aliphatic heterocycles. The summed E-state index contributed by atoms with van der Waals surface area (Å²) in [5.41, 5.74) is 5.99. The summed E-state index contributed by atoms with van der Waals surface area (Å²) in [6.07, 6.45) is 3.23. The number of nitrogens with zero attached hydrogens (tertiary/aromatic N) is 6.